The molecule has 3 fully saturated rings. The number of likely N-dealkylation sites (tertiary alicyclic amines) is 1. The van der Waals surface area contributed by atoms with Gasteiger partial charge in [0.05, 0.1) is 9.82 Å². The van der Waals surface area contributed by atoms with Crippen LogP contribution in [-0.4, -0.2) is 79.3 Å². The first kappa shape index (κ1) is 32.3. The SMILES string of the molecule is CC(=O)N1CCC(C(=O)N(CCCN2C3CCC2CC(NS(=O)(=O)c2ccc([N+](=O)[O-])cc2)C3)c2ccc(C)c(Cl)c2)CC1. The highest BCUT2D eigenvalue weighted by molar-refractivity contribution is 7.89. The van der Waals surface area contributed by atoms with Crippen LogP contribution in [0.4, 0.5) is 11.4 Å². The quantitative estimate of drug-likeness (QED) is 0.297. The molecule has 11 nitrogen and oxygen atoms in total. The average molecular weight is 646 g/mol. The van der Waals surface area contributed by atoms with Crippen LogP contribution in [0.2, 0.25) is 5.02 Å². The molecule has 3 aliphatic heterocycles. The minimum Gasteiger partial charge on any atom is -0.343 e. The van der Waals surface area contributed by atoms with Crippen molar-refractivity contribution in [1.29, 1.82) is 0 Å². The summed E-state index contributed by atoms with van der Waals surface area (Å²) in [6.45, 7) is 6.00. The Morgan fingerprint density at radius 2 is 1.68 bits per heavy atom. The van der Waals surface area contributed by atoms with Crippen LogP contribution in [0.15, 0.2) is 47.4 Å². The molecule has 2 aromatic carbocycles. The number of hydrogen-bond donors (Lipinski definition) is 1. The lowest BCUT2D eigenvalue weighted by Crippen LogP contribution is -2.51. The van der Waals surface area contributed by atoms with Crippen molar-refractivity contribution in [3.63, 3.8) is 0 Å². The maximum Gasteiger partial charge on any atom is 0.269 e. The number of amides is 2. The molecule has 1 N–H and O–H groups in total. The number of benzene rings is 2. The van der Waals surface area contributed by atoms with Crippen molar-refractivity contribution < 1.29 is 22.9 Å². The van der Waals surface area contributed by atoms with Crippen LogP contribution in [0.25, 0.3) is 0 Å². The second-order valence-electron chi connectivity index (χ2n) is 12.2. The van der Waals surface area contributed by atoms with Gasteiger partial charge < -0.3 is 9.80 Å². The molecular weight excluding hydrogens is 606 g/mol. The van der Waals surface area contributed by atoms with E-state index in [1.54, 1.807) is 11.8 Å². The van der Waals surface area contributed by atoms with Crippen molar-refractivity contribution in [2.24, 2.45) is 5.92 Å². The Morgan fingerprint density at radius 1 is 1.05 bits per heavy atom. The summed E-state index contributed by atoms with van der Waals surface area (Å²) in [6, 6.07) is 10.9. The minimum absolute atomic E-state index is 0.0193. The smallest absolute Gasteiger partial charge is 0.269 e. The molecule has 0 saturated carbocycles. The number of carbonyl (C=O) groups excluding carboxylic acids is 2. The van der Waals surface area contributed by atoms with E-state index in [0.29, 0.717) is 50.3 Å². The number of sulfonamides is 1. The van der Waals surface area contributed by atoms with E-state index in [1.807, 2.05) is 30.0 Å². The van der Waals surface area contributed by atoms with Crippen LogP contribution < -0.4 is 9.62 Å². The first-order valence-corrected chi connectivity index (χ1v) is 17.1. The van der Waals surface area contributed by atoms with Crippen LogP contribution in [0.1, 0.15) is 57.4 Å². The molecule has 3 saturated heterocycles. The monoisotopic (exact) mass is 645 g/mol. The molecule has 3 aliphatic rings. The van der Waals surface area contributed by atoms with Crippen molar-refractivity contribution >= 4 is 44.8 Å². The molecule has 44 heavy (non-hydrogen) atoms. The van der Waals surface area contributed by atoms with Gasteiger partial charge in [0.25, 0.3) is 5.69 Å². The number of nitrogens with zero attached hydrogens (tertiary/aromatic N) is 4. The van der Waals surface area contributed by atoms with Crippen molar-refractivity contribution in [3.8, 4) is 0 Å². The van der Waals surface area contributed by atoms with E-state index in [9.17, 15) is 28.1 Å². The van der Waals surface area contributed by atoms with Gasteiger partial charge in [-0.1, -0.05) is 17.7 Å². The summed E-state index contributed by atoms with van der Waals surface area (Å²) in [5.41, 5.74) is 1.57. The Hall–Kier alpha value is -3.06. The van der Waals surface area contributed by atoms with Crippen LogP contribution in [0.3, 0.4) is 0 Å². The largest absolute Gasteiger partial charge is 0.343 e. The van der Waals surface area contributed by atoms with E-state index < -0.39 is 14.9 Å². The fraction of sp³-hybridized carbons (Fsp3) is 0.548. The third kappa shape index (κ3) is 7.25. The maximum atomic E-state index is 13.8. The molecule has 2 amide bonds. The van der Waals surface area contributed by atoms with Gasteiger partial charge in [0.15, 0.2) is 0 Å². The summed E-state index contributed by atoms with van der Waals surface area (Å²) in [4.78, 5) is 42.1. The summed E-state index contributed by atoms with van der Waals surface area (Å²) < 4.78 is 28.9. The number of carbonyl (C=O) groups is 2. The zero-order chi connectivity index (χ0) is 31.6. The molecule has 2 atom stereocenters. The Kier molecular flexibility index (Phi) is 9.93. The molecule has 2 aromatic rings. The first-order chi connectivity index (χ1) is 20.9. The molecule has 0 spiro atoms. The van der Waals surface area contributed by atoms with Crippen LogP contribution in [0.5, 0.6) is 0 Å². The van der Waals surface area contributed by atoms with E-state index in [-0.39, 0.29) is 46.4 Å². The molecule has 2 bridgehead atoms. The number of halogens is 1. The van der Waals surface area contributed by atoms with Crippen molar-refractivity contribution in [2.45, 2.75) is 81.8 Å². The Bertz CT molecular complexity index is 1480. The number of nitro benzene ring substituents is 1. The standard InChI is InChI=1S/C31H40ClN5O6S/c1-21-4-5-28(20-30(21)32)36(31(39)23-12-16-34(17-13-23)22(2)38)15-3-14-35-26-6-7-27(35)19-24(18-26)33-44(42,43)29-10-8-25(9-11-29)37(40)41/h4-5,8-11,20,23-24,26-27,33H,3,6-7,12-19H2,1-2H3. The third-order valence-electron chi connectivity index (χ3n) is 9.38. The number of non-ortho nitro benzene ring substituents is 1. The zero-order valence-electron chi connectivity index (χ0n) is 25.2. The summed E-state index contributed by atoms with van der Waals surface area (Å²) >= 11 is 6.46. The molecule has 0 aliphatic carbocycles. The molecule has 3 heterocycles. The summed E-state index contributed by atoms with van der Waals surface area (Å²) in [5, 5.41) is 11.5. The third-order valence-corrected chi connectivity index (χ3v) is 11.3. The number of aryl methyl sites for hydroxylation is 1. The molecule has 5 rings (SSSR count). The van der Waals surface area contributed by atoms with Crippen LogP contribution in [-0.2, 0) is 19.6 Å². The topological polar surface area (TPSA) is 133 Å². The zero-order valence-corrected chi connectivity index (χ0v) is 26.7. The number of rotatable bonds is 10. The van der Waals surface area contributed by atoms with Crippen molar-refractivity contribution in [2.75, 3.05) is 31.1 Å². The summed E-state index contributed by atoms with van der Waals surface area (Å²) in [7, 11) is -3.80. The van der Waals surface area contributed by atoms with Crippen molar-refractivity contribution in [1.82, 2.24) is 14.5 Å². The lowest BCUT2D eigenvalue weighted by Gasteiger charge is -2.39. The van der Waals surface area contributed by atoms with Gasteiger partial charge in [-0.15, -0.1) is 0 Å². The molecule has 0 radical (unpaired) electrons. The van der Waals surface area contributed by atoms with E-state index in [1.165, 1.54) is 24.3 Å². The Labute approximate surface area is 263 Å². The highest BCUT2D eigenvalue weighted by atomic mass is 35.5. The van der Waals surface area contributed by atoms with Gasteiger partial charge in [-0.05, 0) is 81.7 Å². The van der Waals surface area contributed by atoms with Gasteiger partial charge in [-0.25, -0.2) is 13.1 Å². The second-order valence-corrected chi connectivity index (χ2v) is 14.3. The summed E-state index contributed by atoms with van der Waals surface area (Å²) in [6.07, 6.45) is 5.40. The molecular formula is C31H40ClN5O6S. The highest BCUT2D eigenvalue weighted by Gasteiger charge is 2.41. The number of piperidine rings is 2. The number of fused-ring (bicyclic) bond motifs is 2. The molecule has 13 heteroatoms. The lowest BCUT2D eigenvalue weighted by molar-refractivity contribution is -0.384. The van der Waals surface area contributed by atoms with Crippen molar-refractivity contribution in [3.05, 3.63) is 63.2 Å². The normalized spacial score (nSPS) is 22.6. The fourth-order valence-corrected chi connectivity index (χ4v) is 8.40. The molecule has 238 valence electrons. The number of nitrogens with one attached hydrogen (secondary N) is 1. The molecule has 0 aromatic heterocycles. The Morgan fingerprint density at radius 3 is 2.25 bits per heavy atom. The summed E-state index contributed by atoms with van der Waals surface area (Å²) in [5.74, 6) is -0.0487. The minimum atomic E-state index is -3.80. The van der Waals surface area contributed by atoms with Gasteiger partial charge in [0, 0.05) is 80.0 Å². The van der Waals surface area contributed by atoms with E-state index in [2.05, 4.69) is 9.62 Å². The number of nitro groups is 1. The van der Waals surface area contributed by atoms with Gasteiger partial charge in [0.2, 0.25) is 21.8 Å². The molecule has 2 unspecified atom stereocenters. The number of hydrogen-bond acceptors (Lipinski definition) is 7. The Balaban J connectivity index is 1.20. The predicted molar refractivity (Wildman–Crippen MR) is 168 cm³/mol. The lowest BCUT2D eigenvalue weighted by atomic mass is 9.94. The fourth-order valence-electron chi connectivity index (χ4n) is 6.96. The average Bonchev–Trinajstić information content (AvgIpc) is 3.23. The first-order valence-electron chi connectivity index (χ1n) is 15.3. The van der Waals surface area contributed by atoms with Gasteiger partial charge in [0.1, 0.15) is 0 Å². The highest BCUT2D eigenvalue weighted by Crippen LogP contribution is 2.37. The van der Waals surface area contributed by atoms with Gasteiger partial charge >= 0.3 is 0 Å². The predicted octanol–water partition coefficient (Wildman–Crippen LogP) is 4.51. The van der Waals surface area contributed by atoms with E-state index in [4.69, 9.17) is 11.6 Å². The number of anilines is 1. The maximum absolute atomic E-state index is 13.8. The van der Waals surface area contributed by atoms with Crippen LogP contribution >= 0.6 is 11.6 Å². The van der Waals surface area contributed by atoms with E-state index >= 15 is 0 Å². The van der Waals surface area contributed by atoms with E-state index in [0.717, 1.165) is 37.1 Å². The van der Waals surface area contributed by atoms with Gasteiger partial charge in [-0.2, -0.15) is 0 Å². The van der Waals surface area contributed by atoms with Gasteiger partial charge in [-0.3, -0.25) is 24.6 Å². The van der Waals surface area contributed by atoms with Crippen LogP contribution in [0, 0.1) is 23.0 Å². The second kappa shape index (κ2) is 13.5.